The number of nitrogens with one attached hydrogen (secondary N) is 1. The largest absolute Gasteiger partial charge is 0.493 e. The van der Waals surface area contributed by atoms with Crippen molar-refractivity contribution in [3.05, 3.63) is 11.9 Å². The van der Waals surface area contributed by atoms with E-state index in [4.69, 9.17) is 10.6 Å². The average Bonchev–Trinajstić information content (AvgIpc) is 2.71. The van der Waals surface area contributed by atoms with Crippen LogP contribution in [0.1, 0.15) is 25.1 Å². The molecule has 1 aromatic rings. The van der Waals surface area contributed by atoms with Gasteiger partial charge in [0.1, 0.15) is 0 Å². The van der Waals surface area contributed by atoms with Crippen LogP contribution >= 0.6 is 0 Å². The summed E-state index contributed by atoms with van der Waals surface area (Å²) in [5.74, 6) is 6.35. The van der Waals surface area contributed by atoms with Crippen molar-refractivity contribution in [3.8, 4) is 5.75 Å². The monoisotopic (exact) mass is 241 g/mol. The smallest absolute Gasteiger partial charge is 0.161 e. The van der Waals surface area contributed by atoms with Gasteiger partial charge < -0.3 is 9.64 Å². The Morgan fingerprint density at radius 3 is 2.76 bits per heavy atom. The molecule has 0 radical (unpaired) electrons. The van der Waals surface area contributed by atoms with Crippen molar-refractivity contribution >= 4 is 0 Å². The van der Waals surface area contributed by atoms with Crippen LogP contribution in [0.3, 0.4) is 0 Å². The molecule has 98 valence electrons. The molecular weight excluding hydrogens is 218 g/mol. The summed E-state index contributed by atoms with van der Waals surface area (Å²) in [6.07, 6.45) is 2.63. The minimum atomic E-state index is 0.0645. The quantitative estimate of drug-likeness (QED) is 0.533. The third-order valence-corrected chi connectivity index (χ3v) is 2.76. The molecule has 0 fully saturated rings. The van der Waals surface area contributed by atoms with E-state index in [2.05, 4.69) is 22.3 Å². The maximum Gasteiger partial charge on any atom is 0.161 e. The van der Waals surface area contributed by atoms with Gasteiger partial charge in [0.2, 0.25) is 0 Å². The van der Waals surface area contributed by atoms with Crippen LogP contribution in [0.25, 0.3) is 0 Å². The molecule has 1 rings (SSSR count). The molecule has 0 aliphatic carbocycles. The molecule has 0 aliphatic rings. The van der Waals surface area contributed by atoms with Crippen molar-refractivity contribution in [1.29, 1.82) is 0 Å². The third-order valence-electron chi connectivity index (χ3n) is 2.76. The number of aromatic nitrogens is 2. The van der Waals surface area contributed by atoms with E-state index in [1.807, 2.05) is 18.8 Å². The van der Waals surface area contributed by atoms with E-state index >= 15 is 0 Å². The van der Waals surface area contributed by atoms with Gasteiger partial charge in [0.05, 0.1) is 31.6 Å². The number of hydrogen-bond acceptors (Lipinski definition) is 5. The number of likely N-dealkylation sites (N-methyl/N-ethyl adjacent to an activating group) is 1. The van der Waals surface area contributed by atoms with Crippen LogP contribution in [0.15, 0.2) is 6.20 Å². The van der Waals surface area contributed by atoms with Gasteiger partial charge in [-0.05, 0) is 20.5 Å². The molecule has 3 N–H and O–H groups in total. The Hall–Kier alpha value is -1.11. The standard InChI is InChI=1S/C11H23N5O/c1-5-9(14-12)11-10(17-4)8-13-16(11)7-6-15(2)3/h8-9,14H,5-7,12H2,1-4H3. The van der Waals surface area contributed by atoms with Crippen molar-refractivity contribution in [1.82, 2.24) is 20.1 Å². The lowest BCUT2D eigenvalue weighted by molar-refractivity contribution is 0.353. The summed E-state index contributed by atoms with van der Waals surface area (Å²) in [6, 6.07) is 0.0645. The van der Waals surface area contributed by atoms with Gasteiger partial charge in [0, 0.05) is 6.54 Å². The van der Waals surface area contributed by atoms with Crippen LogP contribution in [-0.2, 0) is 6.54 Å². The summed E-state index contributed by atoms with van der Waals surface area (Å²) < 4.78 is 7.28. The molecule has 1 atom stereocenters. The van der Waals surface area contributed by atoms with Crippen molar-refractivity contribution in [2.45, 2.75) is 25.9 Å². The summed E-state index contributed by atoms with van der Waals surface area (Å²) in [7, 11) is 5.73. The molecule has 0 saturated carbocycles. The number of nitrogens with two attached hydrogens (primary N) is 1. The third kappa shape index (κ3) is 3.42. The number of rotatable bonds is 7. The zero-order valence-corrected chi connectivity index (χ0v) is 11.1. The number of hydrazine groups is 1. The maximum absolute atomic E-state index is 5.57. The fraction of sp³-hybridized carbons (Fsp3) is 0.727. The Bertz CT molecular complexity index is 333. The summed E-state index contributed by atoms with van der Waals surface area (Å²) in [5, 5.41) is 4.35. The lowest BCUT2D eigenvalue weighted by Gasteiger charge is -2.18. The molecule has 0 aromatic carbocycles. The first-order valence-corrected chi connectivity index (χ1v) is 5.84. The Kier molecular flexibility index (Phi) is 5.40. The molecule has 0 amide bonds. The van der Waals surface area contributed by atoms with Crippen molar-refractivity contribution in [3.63, 3.8) is 0 Å². The molecule has 1 heterocycles. The number of hydrogen-bond donors (Lipinski definition) is 2. The lowest BCUT2D eigenvalue weighted by atomic mass is 10.1. The first-order valence-electron chi connectivity index (χ1n) is 5.84. The second-order valence-electron chi connectivity index (χ2n) is 4.25. The number of nitrogens with zero attached hydrogens (tertiary/aromatic N) is 3. The van der Waals surface area contributed by atoms with Gasteiger partial charge in [-0.15, -0.1) is 0 Å². The number of methoxy groups -OCH3 is 1. The van der Waals surface area contributed by atoms with Gasteiger partial charge in [-0.3, -0.25) is 16.0 Å². The average molecular weight is 241 g/mol. The van der Waals surface area contributed by atoms with Gasteiger partial charge in [-0.2, -0.15) is 5.10 Å². The summed E-state index contributed by atoms with van der Waals surface area (Å²) in [6.45, 7) is 3.83. The van der Waals surface area contributed by atoms with Crippen molar-refractivity contribution in [2.24, 2.45) is 5.84 Å². The number of ether oxygens (including phenoxy) is 1. The van der Waals surface area contributed by atoms with E-state index < -0.39 is 0 Å². The van der Waals surface area contributed by atoms with E-state index in [1.165, 1.54) is 0 Å². The highest BCUT2D eigenvalue weighted by Crippen LogP contribution is 2.26. The molecule has 17 heavy (non-hydrogen) atoms. The predicted octanol–water partition coefficient (Wildman–Crippen LogP) is 0.368. The van der Waals surface area contributed by atoms with Crippen LogP contribution in [-0.4, -0.2) is 42.4 Å². The fourth-order valence-corrected chi connectivity index (χ4v) is 1.75. The van der Waals surface area contributed by atoms with E-state index in [0.717, 1.165) is 31.0 Å². The first-order chi connectivity index (χ1) is 8.13. The predicted molar refractivity (Wildman–Crippen MR) is 67.7 cm³/mol. The van der Waals surface area contributed by atoms with Crippen molar-refractivity contribution in [2.75, 3.05) is 27.7 Å². The zero-order chi connectivity index (χ0) is 12.8. The topological polar surface area (TPSA) is 68.3 Å². The lowest BCUT2D eigenvalue weighted by Crippen LogP contribution is -2.30. The van der Waals surface area contributed by atoms with Gasteiger partial charge >= 0.3 is 0 Å². The van der Waals surface area contributed by atoms with E-state index in [-0.39, 0.29) is 6.04 Å². The van der Waals surface area contributed by atoms with Gasteiger partial charge in [0.15, 0.2) is 5.75 Å². The molecule has 0 spiro atoms. The van der Waals surface area contributed by atoms with Crippen molar-refractivity contribution < 1.29 is 4.74 Å². The second kappa shape index (κ2) is 6.58. The molecule has 6 heteroatoms. The zero-order valence-electron chi connectivity index (χ0n) is 11.1. The first kappa shape index (κ1) is 14.0. The Balaban J connectivity index is 2.92. The molecule has 0 aliphatic heterocycles. The summed E-state index contributed by atoms with van der Waals surface area (Å²) in [5.41, 5.74) is 3.82. The SMILES string of the molecule is CCC(NN)c1c(OC)cnn1CCN(C)C. The van der Waals surface area contributed by atoms with Crippen LogP contribution < -0.4 is 16.0 Å². The minimum absolute atomic E-state index is 0.0645. The highest BCUT2D eigenvalue weighted by Gasteiger charge is 2.19. The van der Waals surface area contributed by atoms with Gasteiger partial charge in [-0.25, -0.2) is 0 Å². The van der Waals surface area contributed by atoms with Gasteiger partial charge in [-0.1, -0.05) is 6.92 Å². The van der Waals surface area contributed by atoms with E-state index in [9.17, 15) is 0 Å². The van der Waals surface area contributed by atoms with E-state index in [0.29, 0.717) is 0 Å². The summed E-state index contributed by atoms with van der Waals surface area (Å²) in [4.78, 5) is 2.12. The summed E-state index contributed by atoms with van der Waals surface area (Å²) >= 11 is 0. The van der Waals surface area contributed by atoms with Gasteiger partial charge in [0.25, 0.3) is 0 Å². The molecule has 0 saturated heterocycles. The fourth-order valence-electron chi connectivity index (χ4n) is 1.75. The highest BCUT2D eigenvalue weighted by molar-refractivity contribution is 5.28. The molecule has 1 aromatic heterocycles. The maximum atomic E-state index is 5.57. The molecule has 1 unspecified atom stereocenters. The Labute approximate surface area is 103 Å². The second-order valence-corrected chi connectivity index (χ2v) is 4.25. The Morgan fingerprint density at radius 1 is 1.59 bits per heavy atom. The molecule has 0 bridgehead atoms. The van der Waals surface area contributed by atoms with Crippen LogP contribution in [0.4, 0.5) is 0 Å². The van der Waals surface area contributed by atoms with Crippen LogP contribution in [0.2, 0.25) is 0 Å². The molecular formula is C11H23N5O. The Morgan fingerprint density at radius 2 is 2.29 bits per heavy atom. The molecule has 6 nitrogen and oxygen atoms in total. The van der Waals surface area contributed by atoms with E-state index in [1.54, 1.807) is 13.3 Å². The minimum Gasteiger partial charge on any atom is -0.493 e. The normalized spacial score (nSPS) is 13.1. The van der Waals surface area contributed by atoms with Crippen LogP contribution in [0.5, 0.6) is 5.75 Å². The highest BCUT2D eigenvalue weighted by atomic mass is 16.5. The van der Waals surface area contributed by atoms with Crippen LogP contribution in [0, 0.1) is 0 Å².